The van der Waals surface area contributed by atoms with E-state index in [-0.39, 0.29) is 12.4 Å². The highest BCUT2D eigenvalue weighted by Crippen LogP contribution is 1.76. The molecule has 0 aromatic heterocycles. The molecule has 3 heteroatoms. The third-order valence-electron chi connectivity index (χ3n) is 0.169. The molecule has 0 atom stereocenters. The molecule has 0 bridgehead atoms. The summed E-state index contributed by atoms with van der Waals surface area (Å²) in [6.45, 7) is 3.68. The van der Waals surface area contributed by atoms with Gasteiger partial charge in [0.25, 0.3) is 0 Å². The number of nitrogens with zero attached hydrogens (tertiary/aromatic N) is 1. The molecule has 0 saturated heterocycles. The van der Waals surface area contributed by atoms with E-state index in [0.717, 1.165) is 5.71 Å². The predicted molar refractivity (Wildman–Crippen MR) is 31.9 cm³/mol. The second kappa shape index (κ2) is 5.25. The first-order valence-corrected chi connectivity index (χ1v) is 1.73. The van der Waals surface area contributed by atoms with Gasteiger partial charge in [0.05, 0.1) is 0 Å². The summed E-state index contributed by atoms with van der Waals surface area (Å²) in [4.78, 5) is 0. The Hall–Kier alpha value is 0.250. The van der Waals surface area contributed by atoms with Gasteiger partial charge in [-0.2, -0.15) is 4.51 Å². The number of hydrogen-bond acceptors (Lipinski definition) is 1. The number of rotatable bonds is 0. The van der Waals surface area contributed by atoms with Gasteiger partial charge in [-0.15, -0.1) is 12.4 Å². The molecule has 0 aliphatic heterocycles. The van der Waals surface area contributed by atoms with Crippen molar-refractivity contribution < 1.29 is 0 Å². The molecule has 0 unspecified atom stereocenters. The van der Waals surface area contributed by atoms with Gasteiger partial charge in [0.15, 0.2) is 0 Å². The van der Waals surface area contributed by atoms with Crippen LogP contribution in [0.1, 0.15) is 13.8 Å². The quantitative estimate of drug-likeness (QED) is 0.442. The lowest BCUT2D eigenvalue weighted by atomic mass is 10.5. The zero-order valence-corrected chi connectivity index (χ0v) is 5.31. The maximum absolute atomic E-state index is 4.92. The van der Waals surface area contributed by atoms with Crippen LogP contribution < -0.4 is 0 Å². The maximum Gasteiger partial charge on any atom is 0.0364 e. The second-order valence-electron chi connectivity index (χ2n) is 1.03. The van der Waals surface area contributed by atoms with Gasteiger partial charge >= 0.3 is 0 Å². The summed E-state index contributed by atoms with van der Waals surface area (Å²) in [5, 5.41) is 0. The van der Waals surface area contributed by atoms with Gasteiger partial charge in [-0.3, -0.25) is 0 Å². The van der Waals surface area contributed by atoms with Crippen LogP contribution in [0.25, 0.3) is 0 Å². The maximum atomic E-state index is 4.92. The van der Waals surface area contributed by atoms with E-state index >= 15 is 0 Å². The molecule has 6 heavy (non-hydrogen) atoms. The van der Waals surface area contributed by atoms with E-state index in [0.29, 0.717) is 0 Å². The van der Waals surface area contributed by atoms with E-state index < -0.39 is 0 Å². The van der Waals surface area contributed by atoms with Gasteiger partial charge < -0.3 is 0 Å². The first-order chi connectivity index (χ1) is 2.27. The standard InChI is InChI=1S/C3H6ClN.ClH/c1-3(2)5-4;/h1-2H3;1H. The highest BCUT2D eigenvalue weighted by molar-refractivity contribution is 6.19. The molecule has 0 aliphatic carbocycles. The topological polar surface area (TPSA) is 12.4 Å². The minimum atomic E-state index is 0. The van der Waals surface area contributed by atoms with Crippen LogP contribution in [-0.2, 0) is 0 Å². The van der Waals surface area contributed by atoms with Crippen molar-refractivity contribution in [3.8, 4) is 0 Å². The van der Waals surface area contributed by atoms with Crippen LogP contribution in [-0.4, -0.2) is 5.71 Å². The summed E-state index contributed by atoms with van der Waals surface area (Å²) in [7, 11) is 0. The lowest BCUT2D eigenvalue weighted by Crippen LogP contribution is -1.70. The highest BCUT2D eigenvalue weighted by atomic mass is 35.5. The van der Waals surface area contributed by atoms with E-state index in [1.807, 2.05) is 13.8 Å². The monoisotopic (exact) mass is 127 g/mol. The van der Waals surface area contributed by atoms with Crippen molar-refractivity contribution in [2.24, 2.45) is 4.51 Å². The lowest BCUT2D eigenvalue weighted by molar-refractivity contribution is 1.67. The molecule has 1 nitrogen and oxygen atoms in total. The smallest absolute Gasteiger partial charge is 0.0364 e. The zero-order chi connectivity index (χ0) is 4.28. The van der Waals surface area contributed by atoms with Crippen molar-refractivity contribution in [2.75, 3.05) is 0 Å². The normalized spacial score (nSPS) is 5.83. The van der Waals surface area contributed by atoms with Crippen LogP contribution in [0.5, 0.6) is 0 Å². The molecule has 38 valence electrons. The summed E-state index contributed by atoms with van der Waals surface area (Å²) < 4.78 is 3.28. The fourth-order valence-corrected chi connectivity index (χ4v) is 0. The SMILES string of the molecule is CC(C)=NCl.Cl. The molecule has 0 aliphatic rings. The third kappa shape index (κ3) is 8.87. The Morgan fingerprint density at radius 3 is 1.67 bits per heavy atom. The van der Waals surface area contributed by atoms with Gasteiger partial charge in [-0.25, -0.2) is 0 Å². The van der Waals surface area contributed by atoms with Crippen molar-refractivity contribution in [3.05, 3.63) is 0 Å². The Morgan fingerprint density at radius 1 is 1.50 bits per heavy atom. The molecule has 0 fully saturated rings. The van der Waals surface area contributed by atoms with Crippen LogP contribution in [0.2, 0.25) is 0 Å². The lowest BCUT2D eigenvalue weighted by Gasteiger charge is -1.70. The highest BCUT2D eigenvalue weighted by Gasteiger charge is 1.64. The van der Waals surface area contributed by atoms with Crippen molar-refractivity contribution in [3.63, 3.8) is 0 Å². The minimum absolute atomic E-state index is 0. The average molecular weight is 128 g/mol. The van der Waals surface area contributed by atoms with Crippen LogP contribution in [0.4, 0.5) is 0 Å². The van der Waals surface area contributed by atoms with Crippen LogP contribution in [0.3, 0.4) is 0 Å². The van der Waals surface area contributed by atoms with Gasteiger partial charge in [-0.05, 0) is 13.8 Å². The number of halogens is 2. The van der Waals surface area contributed by atoms with Gasteiger partial charge in [0.1, 0.15) is 0 Å². The summed E-state index contributed by atoms with van der Waals surface area (Å²) in [5.41, 5.74) is 0.895. The summed E-state index contributed by atoms with van der Waals surface area (Å²) in [6, 6.07) is 0. The molecule has 0 aromatic rings. The Morgan fingerprint density at radius 2 is 1.67 bits per heavy atom. The van der Waals surface area contributed by atoms with Crippen molar-refractivity contribution >= 4 is 29.9 Å². The first-order valence-electron chi connectivity index (χ1n) is 1.39. The Balaban J connectivity index is 0. The molecule has 0 rings (SSSR count). The Labute approximate surface area is 48.9 Å². The van der Waals surface area contributed by atoms with Gasteiger partial charge in [0.2, 0.25) is 0 Å². The van der Waals surface area contributed by atoms with Gasteiger partial charge in [0, 0.05) is 17.5 Å². The molecule has 0 heterocycles. The molecule has 0 radical (unpaired) electrons. The largest absolute Gasteiger partial charge is 0.188 e. The Bertz CT molecular complexity index is 46.8. The van der Waals surface area contributed by atoms with Crippen LogP contribution in [0.15, 0.2) is 4.51 Å². The summed E-state index contributed by atoms with van der Waals surface area (Å²) in [5.74, 6) is 0. The fraction of sp³-hybridized carbons (Fsp3) is 0.667. The summed E-state index contributed by atoms with van der Waals surface area (Å²) in [6.07, 6.45) is 0. The Kier molecular flexibility index (Phi) is 8.35. The minimum Gasteiger partial charge on any atom is -0.188 e. The summed E-state index contributed by atoms with van der Waals surface area (Å²) >= 11 is 4.92. The fourth-order valence-electron chi connectivity index (χ4n) is 0. The molecule has 0 saturated carbocycles. The zero-order valence-electron chi connectivity index (χ0n) is 3.73. The molecule has 0 aromatic carbocycles. The van der Waals surface area contributed by atoms with Crippen molar-refractivity contribution in [2.45, 2.75) is 13.8 Å². The second-order valence-corrected chi connectivity index (χ2v) is 1.20. The molecule has 0 spiro atoms. The van der Waals surface area contributed by atoms with E-state index in [4.69, 9.17) is 11.8 Å². The van der Waals surface area contributed by atoms with Gasteiger partial charge in [-0.1, -0.05) is 0 Å². The number of hydrogen-bond donors (Lipinski definition) is 0. The predicted octanol–water partition coefficient (Wildman–Crippen LogP) is 2.04. The van der Waals surface area contributed by atoms with E-state index in [1.54, 1.807) is 0 Å². The average Bonchev–Trinajstić information content (AvgIpc) is 1.38. The van der Waals surface area contributed by atoms with E-state index in [1.165, 1.54) is 0 Å². The molecular weight excluding hydrogens is 121 g/mol. The van der Waals surface area contributed by atoms with Crippen molar-refractivity contribution in [1.29, 1.82) is 0 Å². The van der Waals surface area contributed by atoms with Crippen molar-refractivity contribution in [1.82, 2.24) is 0 Å². The van der Waals surface area contributed by atoms with E-state index in [2.05, 4.69) is 4.51 Å². The first kappa shape index (κ1) is 9.54. The molecule has 0 N–H and O–H groups in total. The van der Waals surface area contributed by atoms with E-state index in [9.17, 15) is 0 Å². The third-order valence-corrected chi connectivity index (χ3v) is 0.507. The molecule has 0 amide bonds. The van der Waals surface area contributed by atoms with Crippen LogP contribution >= 0.6 is 24.2 Å². The molecular formula is C3H7Cl2N. The van der Waals surface area contributed by atoms with Crippen LogP contribution in [0, 0.1) is 0 Å².